The van der Waals surface area contributed by atoms with Crippen molar-refractivity contribution < 1.29 is 34.0 Å². The topological polar surface area (TPSA) is 113 Å². The predicted octanol–water partition coefficient (Wildman–Crippen LogP) is 4.05. The number of aldehydes is 1. The van der Waals surface area contributed by atoms with Crippen LogP contribution in [-0.4, -0.2) is 51.8 Å². The van der Waals surface area contributed by atoms with Crippen LogP contribution >= 0.6 is 0 Å². The van der Waals surface area contributed by atoms with Gasteiger partial charge >= 0.3 is 0 Å². The van der Waals surface area contributed by atoms with Crippen LogP contribution in [0.5, 0.6) is 5.75 Å². The molecule has 1 spiro atoms. The summed E-state index contributed by atoms with van der Waals surface area (Å²) in [6, 6.07) is 1.90. The minimum atomic E-state index is -1.20. The highest BCUT2D eigenvalue weighted by atomic mass is 16.7. The Bertz CT molecular complexity index is 966. The van der Waals surface area contributed by atoms with Crippen molar-refractivity contribution in [3.8, 4) is 5.75 Å². The second-order valence-electron chi connectivity index (χ2n) is 9.62. The first-order valence-corrected chi connectivity index (χ1v) is 11.7. The summed E-state index contributed by atoms with van der Waals surface area (Å²) in [6.45, 7) is 8.13. The number of ether oxygens (including phenoxy) is 2. The van der Waals surface area contributed by atoms with Gasteiger partial charge in [-0.2, -0.15) is 0 Å². The second-order valence-corrected chi connectivity index (χ2v) is 9.62. The maximum Gasteiger partial charge on any atom is 0.189 e. The van der Waals surface area contributed by atoms with E-state index in [0.29, 0.717) is 42.6 Å². The Hall–Kier alpha value is -1.93. The molecule has 32 heavy (non-hydrogen) atoms. The summed E-state index contributed by atoms with van der Waals surface area (Å²) in [5.41, 5.74) is 1.04. The molecule has 2 saturated heterocycles. The number of fused-ring (bicyclic) bond motifs is 1. The van der Waals surface area contributed by atoms with Crippen molar-refractivity contribution in [3.05, 3.63) is 29.0 Å². The molecule has 2 aliphatic heterocycles. The van der Waals surface area contributed by atoms with Gasteiger partial charge < -0.3 is 29.2 Å². The van der Waals surface area contributed by atoms with Crippen molar-refractivity contribution in [2.45, 2.75) is 95.9 Å². The Kier molecular flexibility index (Phi) is 6.38. The van der Waals surface area contributed by atoms with E-state index in [1.807, 2.05) is 13.0 Å². The molecule has 176 valence electrons. The van der Waals surface area contributed by atoms with Crippen LogP contribution in [-0.2, 0) is 15.9 Å². The average Bonchev–Trinajstić information content (AvgIpc) is 3.36. The summed E-state index contributed by atoms with van der Waals surface area (Å²) in [7, 11) is 0. The molecule has 2 aromatic rings. The lowest BCUT2D eigenvalue weighted by Crippen LogP contribution is -2.53. The van der Waals surface area contributed by atoms with Crippen molar-refractivity contribution >= 4 is 17.3 Å². The molecule has 1 aromatic carbocycles. The fourth-order valence-corrected chi connectivity index (χ4v) is 5.39. The van der Waals surface area contributed by atoms with Crippen LogP contribution in [0.3, 0.4) is 0 Å². The number of epoxide rings is 1. The number of carbonyl (C=O) groups is 1. The van der Waals surface area contributed by atoms with Gasteiger partial charge in [-0.3, -0.25) is 4.79 Å². The molecule has 3 heterocycles. The molecule has 0 radical (unpaired) electrons. The van der Waals surface area contributed by atoms with E-state index in [1.54, 1.807) is 6.26 Å². The van der Waals surface area contributed by atoms with Gasteiger partial charge in [0.15, 0.2) is 18.2 Å². The second kappa shape index (κ2) is 8.78. The molecular formula is C25H34O7. The number of benzene rings is 1. The standard InChI is InChI=1S/C25H34O7/c1-5-7-15(19-10-20(27)25(24(29)31-19)21(6-2)32-25)18-12-30-23-16(18)9-14(8-13(3)4)22(28)17(23)11-26/h9,11-13,15,19-21,24,27-29H,5-8,10H2,1-4H3/t15?,19-,20-,21?,24-,25+/m1/s1. The van der Waals surface area contributed by atoms with Gasteiger partial charge in [0.1, 0.15) is 11.3 Å². The van der Waals surface area contributed by atoms with E-state index in [-0.39, 0.29) is 23.3 Å². The first kappa shape index (κ1) is 23.2. The molecule has 0 amide bonds. The summed E-state index contributed by atoms with van der Waals surface area (Å²) in [5.74, 6) is 0.109. The number of aromatic hydroxyl groups is 1. The van der Waals surface area contributed by atoms with Crippen molar-refractivity contribution in [3.63, 3.8) is 0 Å². The largest absolute Gasteiger partial charge is 0.507 e. The van der Waals surface area contributed by atoms with Crippen LogP contribution in [0.4, 0.5) is 0 Å². The maximum atomic E-state index is 11.8. The number of hydrogen-bond acceptors (Lipinski definition) is 7. The third-order valence-electron chi connectivity index (χ3n) is 7.01. The Morgan fingerprint density at radius 2 is 2.03 bits per heavy atom. The summed E-state index contributed by atoms with van der Waals surface area (Å²) in [6.07, 6.45) is 2.85. The highest BCUT2D eigenvalue weighted by molar-refractivity contribution is 6.00. The van der Waals surface area contributed by atoms with Gasteiger partial charge in [-0.05, 0) is 36.8 Å². The highest BCUT2D eigenvalue weighted by Gasteiger charge is 2.68. The predicted molar refractivity (Wildman–Crippen MR) is 119 cm³/mol. The van der Waals surface area contributed by atoms with Crippen molar-refractivity contribution in [2.24, 2.45) is 5.92 Å². The first-order chi connectivity index (χ1) is 15.3. The van der Waals surface area contributed by atoms with Crippen LogP contribution in [0, 0.1) is 5.92 Å². The summed E-state index contributed by atoms with van der Waals surface area (Å²) >= 11 is 0. The van der Waals surface area contributed by atoms with Gasteiger partial charge in [0, 0.05) is 23.3 Å². The quantitative estimate of drug-likeness (QED) is 0.414. The fraction of sp³-hybridized carbons (Fsp3) is 0.640. The lowest BCUT2D eigenvalue weighted by Gasteiger charge is -2.39. The molecule has 4 rings (SSSR count). The fourth-order valence-electron chi connectivity index (χ4n) is 5.39. The van der Waals surface area contributed by atoms with E-state index in [1.165, 1.54) is 0 Å². The molecule has 2 unspecified atom stereocenters. The van der Waals surface area contributed by atoms with Crippen LogP contribution < -0.4 is 0 Å². The zero-order chi connectivity index (χ0) is 23.2. The van der Waals surface area contributed by atoms with Gasteiger partial charge in [-0.25, -0.2) is 0 Å². The maximum absolute atomic E-state index is 11.8. The van der Waals surface area contributed by atoms with Crippen molar-refractivity contribution in [1.29, 1.82) is 0 Å². The first-order valence-electron chi connectivity index (χ1n) is 11.7. The van der Waals surface area contributed by atoms with Gasteiger partial charge in [-0.15, -0.1) is 0 Å². The average molecular weight is 447 g/mol. The van der Waals surface area contributed by atoms with E-state index in [2.05, 4.69) is 20.8 Å². The molecule has 0 aliphatic carbocycles. The van der Waals surface area contributed by atoms with Crippen LogP contribution in [0.15, 0.2) is 16.7 Å². The molecular weight excluding hydrogens is 412 g/mol. The van der Waals surface area contributed by atoms with Crippen molar-refractivity contribution in [1.82, 2.24) is 0 Å². The highest BCUT2D eigenvalue weighted by Crippen LogP contribution is 2.51. The summed E-state index contributed by atoms with van der Waals surface area (Å²) in [4.78, 5) is 11.8. The molecule has 6 atom stereocenters. The smallest absolute Gasteiger partial charge is 0.189 e. The number of furan rings is 1. The Morgan fingerprint density at radius 1 is 1.28 bits per heavy atom. The molecule has 2 aliphatic rings. The molecule has 1 aromatic heterocycles. The van der Waals surface area contributed by atoms with E-state index in [4.69, 9.17) is 13.9 Å². The zero-order valence-corrected chi connectivity index (χ0v) is 19.2. The van der Waals surface area contributed by atoms with Crippen LogP contribution in [0.1, 0.15) is 80.8 Å². The molecule has 0 saturated carbocycles. The molecule has 3 N–H and O–H groups in total. The van der Waals surface area contributed by atoms with E-state index < -0.39 is 24.1 Å². The zero-order valence-electron chi connectivity index (χ0n) is 19.2. The molecule has 0 bridgehead atoms. The SMILES string of the molecule is CCCC(c1coc2c(C=O)c(O)c(CC(C)C)cc12)[C@H]1C[C@@H](O)[C@@]2(OC2CC)[C@H](O)O1. The van der Waals surface area contributed by atoms with E-state index in [0.717, 1.165) is 23.8 Å². The number of phenolic OH excluding ortho intramolecular Hbond substituents is 1. The summed E-state index contributed by atoms with van der Waals surface area (Å²) in [5, 5.41) is 33.0. The van der Waals surface area contributed by atoms with Gasteiger partial charge in [0.2, 0.25) is 0 Å². The Balaban J connectivity index is 1.73. The van der Waals surface area contributed by atoms with E-state index in [9.17, 15) is 20.1 Å². The summed E-state index contributed by atoms with van der Waals surface area (Å²) < 4.78 is 17.5. The van der Waals surface area contributed by atoms with Crippen LogP contribution in [0.2, 0.25) is 0 Å². The third-order valence-corrected chi connectivity index (χ3v) is 7.01. The molecule has 7 nitrogen and oxygen atoms in total. The number of aliphatic hydroxyl groups is 2. The molecule has 2 fully saturated rings. The monoisotopic (exact) mass is 446 g/mol. The number of phenols is 1. The minimum absolute atomic E-state index is 0.0349. The minimum Gasteiger partial charge on any atom is -0.507 e. The lowest BCUT2D eigenvalue weighted by molar-refractivity contribution is -0.236. The van der Waals surface area contributed by atoms with E-state index >= 15 is 0 Å². The normalized spacial score (nSPS) is 30.8. The number of carbonyl (C=O) groups excluding carboxylic acids is 1. The van der Waals surface area contributed by atoms with Gasteiger partial charge in [0.25, 0.3) is 0 Å². The molecule has 7 heteroatoms. The van der Waals surface area contributed by atoms with Gasteiger partial charge in [0.05, 0.1) is 30.1 Å². The number of hydrogen-bond donors (Lipinski definition) is 3. The van der Waals surface area contributed by atoms with Gasteiger partial charge in [-0.1, -0.05) is 34.1 Å². The lowest BCUT2D eigenvalue weighted by atomic mass is 9.80. The van der Waals surface area contributed by atoms with Crippen LogP contribution in [0.25, 0.3) is 11.0 Å². The Morgan fingerprint density at radius 3 is 2.59 bits per heavy atom. The van der Waals surface area contributed by atoms with Crippen molar-refractivity contribution in [2.75, 3.05) is 0 Å². The number of aliphatic hydroxyl groups excluding tert-OH is 2. The Labute approximate surface area is 188 Å². The third kappa shape index (κ3) is 3.65. The number of rotatable bonds is 8.